The van der Waals surface area contributed by atoms with E-state index in [1.165, 1.54) is 17.0 Å². The quantitative estimate of drug-likeness (QED) is 0.320. The van der Waals surface area contributed by atoms with Crippen LogP contribution in [0.2, 0.25) is 5.02 Å². The summed E-state index contributed by atoms with van der Waals surface area (Å²) in [5, 5.41) is 25.3. The van der Waals surface area contributed by atoms with Gasteiger partial charge in [-0.1, -0.05) is 41.4 Å². The summed E-state index contributed by atoms with van der Waals surface area (Å²) >= 11 is 9.22. The number of aromatic nitrogens is 2. The van der Waals surface area contributed by atoms with Crippen LogP contribution in [-0.4, -0.2) is 25.9 Å². The number of phenolic OH excluding ortho intramolecular Hbond substituents is 1. The molecule has 0 amide bonds. The second-order valence-corrected chi connectivity index (χ2v) is 7.75. The van der Waals surface area contributed by atoms with Crippen LogP contribution in [0.15, 0.2) is 44.7 Å². The Morgan fingerprint density at radius 1 is 1.41 bits per heavy atom. The Kier molecular flexibility index (Phi) is 5.99. The molecule has 0 unspecified atom stereocenters. The van der Waals surface area contributed by atoms with Crippen molar-refractivity contribution < 1.29 is 10.0 Å². The van der Waals surface area contributed by atoms with E-state index in [1.807, 2.05) is 13.8 Å². The van der Waals surface area contributed by atoms with E-state index in [0.29, 0.717) is 16.7 Å². The van der Waals surface area contributed by atoms with E-state index in [9.17, 15) is 20.0 Å². The molecular weight excluding hydrogens is 464 g/mol. The van der Waals surface area contributed by atoms with Crippen LogP contribution in [0.3, 0.4) is 0 Å². The third kappa shape index (κ3) is 4.15. The van der Waals surface area contributed by atoms with Crippen molar-refractivity contribution in [3.63, 3.8) is 0 Å². The largest absolute Gasteiger partial charge is 0.501 e. The van der Waals surface area contributed by atoms with Crippen molar-refractivity contribution >= 4 is 50.3 Å². The van der Waals surface area contributed by atoms with Gasteiger partial charge in [0.05, 0.1) is 27.1 Å². The summed E-state index contributed by atoms with van der Waals surface area (Å²) in [7, 11) is 0. The smallest absolute Gasteiger partial charge is 0.312 e. The predicted molar refractivity (Wildman–Crippen MR) is 115 cm³/mol. The van der Waals surface area contributed by atoms with Gasteiger partial charge in [-0.15, -0.1) is 0 Å². The molecule has 150 valence electrons. The molecule has 1 N–H and O–H groups in total. The summed E-state index contributed by atoms with van der Waals surface area (Å²) in [4.78, 5) is 28.0. The fraction of sp³-hybridized carbons (Fsp3) is 0.211. The van der Waals surface area contributed by atoms with E-state index < -0.39 is 16.4 Å². The molecule has 0 saturated carbocycles. The molecule has 29 heavy (non-hydrogen) atoms. The molecule has 0 radical (unpaired) electrons. The monoisotopic (exact) mass is 478 g/mol. The van der Waals surface area contributed by atoms with Gasteiger partial charge in [-0.3, -0.25) is 14.9 Å². The standard InChI is InChI=1S/C19H16BrClN4O4/c1-3-10(2)18-23-15-5-4-12(20)8-13(15)19(27)24(18)22-9-11-6-14(21)17(26)16(7-11)25(28)29/h4-10,26H,3H2,1-2H3/t10-/m0/s1. The molecule has 0 fully saturated rings. The zero-order valence-corrected chi connectivity index (χ0v) is 17.8. The molecule has 10 heteroatoms. The highest BCUT2D eigenvalue weighted by Gasteiger charge is 2.18. The molecule has 0 bridgehead atoms. The fourth-order valence-electron chi connectivity index (χ4n) is 2.72. The summed E-state index contributed by atoms with van der Waals surface area (Å²) in [6.45, 7) is 3.90. The van der Waals surface area contributed by atoms with Crippen LogP contribution < -0.4 is 5.56 Å². The number of phenols is 1. The van der Waals surface area contributed by atoms with E-state index in [2.05, 4.69) is 26.0 Å². The molecule has 2 aromatic carbocycles. The topological polar surface area (TPSA) is 111 Å². The lowest BCUT2D eigenvalue weighted by atomic mass is 10.1. The van der Waals surface area contributed by atoms with Gasteiger partial charge in [0.25, 0.3) is 5.56 Å². The summed E-state index contributed by atoms with van der Waals surface area (Å²) in [5.74, 6) is -0.197. The number of aromatic hydroxyl groups is 1. The van der Waals surface area contributed by atoms with Gasteiger partial charge in [0.2, 0.25) is 5.75 Å². The van der Waals surface area contributed by atoms with Crippen LogP contribution in [0.5, 0.6) is 5.75 Å². The number of nitrogens with zero attached hydrogens (tertiary/aromatic N) is 4. The molecule has 0 aliphatic heterocycles. The second kappa shape index (κ2) is 8.30. The van der Waals surface area contributed by atoms with Crippen LogP contribution >= 0.6 is 27.5 Å². The van der Waals surface area contributed by atoms with Crippen molar-refractivity contribution in [2.45, 2.75) is 26.2 Å². The number of fused-ring (bicyclic) bond motifs is 1. The first-order chi connectivity index (χ1) is 13.7. The maximum absolute atomic E-state index is 13.1. The zero-order chi connectivity index (χ0) is 21.3. The van der Waals surface area contributed by atoms with Gasteiger partial charge < -0.3 is 5.11 Å². The molecule has 8 nitrogen and oxygen atoms in total. The predicted octanol–water partition coefficient (Wildman–Crippen LogP) is 4.82. The van der Waals surface area contributed by atoms with E-state index in [-0.39, 0.29) is 22.1 Å². The lowest BCUT2D eigenvalue weighted by Gasteiger charge is -2.14. The lowest BCUT2D eigenvalue weighted by molar-refractivity contribution is -0.385. The molecule has 1 atom stereocenters. The number of benzene rings is 2. The number of rotatable bonds is 5. The number of hydrogen-bond acceptors (Lipinski definition) is 6. The molecule has 3 rings (SSSR count). The molecule has 1 heterocycles. The molecule has 0 aliphatic carbocycles. The van der Waals surface area contributed by atoms with Crippen LogP contribution in [0, 0.1) is 10.1 Å². The average molecular weight is 480 g/mol. The first-order valence-corrected chi connectivity index (χ1v) is 9.83. The first kappa shape index (κ1) is 20.9. The highest BCUT2D eigenvalue weighted by Crippen LogP contribution is 2.34. The minimum Gasteiger partial charge on any atom is -0.501 e. The molecule has 0 saturated heterocycles. The van der Waals surface area contributed by atoms with Crippen molar-refractivity contribution in [2.75, 3.05) is 0 Å². The Balaban J connectivity index is 2.20. The zero-order valence-electron chi connectivity index (χ0n) is 15.5. The lowest BCUT2D eigenvalue weighted by Crippen LogP contribution is -2.23. The Morgan fingerprint density at radius 2 is 2.14 bits per heavy atom. The second-order valence-electron chi connectivity index (χ2n) is 6.43. The van der Waals surface area contributed by atoms with Gasteiger partial charge >= 0.3 is 5.69 Å². The number of hydrogen-bond donors (Lipinski definition) is 1. The molecular formula is C19H16BrClN4O4. The highest BCUT2D eigenvalue weighted by molar-refractivity contribution is 9.10. The Morgan fingerprint density at radius 3 is 2.79 bits per heavy atom. The minimum atomic E-state index is -0.746. The van der Waals surface area contributed by atoms with Crippen LogP contribution in [-0.2, 0) is 0 Å². The molecule has 1 aromatic heterocycles. The van der Waals surface area contributed by atoms with E-state index in [0.717, 1.165) is 17.0 Å². The third-order valence-electron chi connectivity index (χ3n) is 4.47. The van der Waals surface area contributed by atoms with Gasteiger partial charge in [-0.25, -0.2) is 4.98 Å². The van der Waals surface area contributed by atoms with Crippen molar-refractivity contribution in [1.82, 2.24) is 9.66 Å². The molecule has 0 spiro atoms. The van der Waals surface area contributed by atoms with Gasteiger partial charge in [-0.05, 0) is 30.7 Å². The Bertz CT molecular complexity index is 1210. The molecule has 0 aliphatic rings. The van der Waals surface area contributed by atoms with Gasteiger partial charge in [0, 0.05) is 22.0 Å². The van der Waals surface area contributed by atoms with E-state index in [1.54, 1.807) is 18.2 Å². The summed E-state index contributed by atoms with van der Waals surface area (Å²) in [5.41, 5.74) is -0.0876. The van der Waals surface area contributed by atoms with Gasteiger partial charge in [-0.2, -0.15) is 9.78 Å². The average Bonchev–Trinajstić information content (AvgIpc) is 2.69. The molecule has 3 aromatic rings. The minimum absolute atomic E-state index is 0.0503. The first-order valence-electron chi connectivity index (χ1n) is 8.66. The van der Waals surface area contributed by atoms with Crippen LogP contribution in [0.4, 0.5) is 5.69 Å². The van der Waals surface area contributed by atoms with E-state index in [4.69, 9.17) is 11.6 Å². The fourth-order valence-corrected chi connectivity index (χ4v) is 3.31. The van der Waals surface area contributed by atoms with Crippen molar-refractivity contribution in [3.05, 3.63) is 71.7 Å². The van der Waals surface area contributed by atoms with Gasteiger partial charge in [0.15, 0.2) is 0 Å². The Hall–Kier alpha value is -2.78. The SMILES string of the molecule is CC[C@H](C)c1nc2ccc(Br)cc2c(=O)n1N=Cc1cc(Cl)c(O)c([N+](=O)[O-])c1. The van der Waals surface area contributed by atoms with Crippen molar-refractivity contribution in [3.8, 4) is 5.75 Å². The third-order valence-corrected chi connectivity index (χ3v) is 5.25. The maximum Gasteiger partial charge on any atom is 0.312 e. The number of nitro benzene ring substituents is 1. The highest BCUT2D eigenvalue weighted by atomic mass is 79.9. The van der Waals surface area contributed by atoms with Crippen molar-refractivity contribution in [1.29, 1.82) is 0 Å². The summed E-state index contributed by atoms with van der Waals surface area (Å²) < 4.78 is 1.92. The van der Waals surface area contributed by atoms with Crippen LogP contribution in [0.25, 0.3) is 10.9 Å². The summed E-state index contributed by atoms with van der Waals surface area (Å²) in [6.07, 6.45) is 2.01. The normalized spacial score (nSPS) is 12.6. The van der Waals surface area contributed by atoms with E-state index >= 15 is 0 Å². The maximum atomic E-state index is 13.1. The number of nitro groups is 1. The summed E-state index contributed by atoms with van der Waals surface area (Å²) in [6, 6.07) is 7.68. The number of halogens is 2. The van der Waals surface area contributed by atoms with Crippen LogP contribution in [0.1, 0.15) is 37.6 Å². The van der Waals surface area contributed by atoms with Gasteiger partial charge in [0.1, 0.15) is 5.82 Å². The Labute approximate surface area is 178 Å². The van der Waals surface area contributed by atoms with Crippen molar-refractivity contribution in [2.24, 2.45) is 5.10 Å².